The highest BCUT2D eigenvalue weighted by atomic mass is 79.9. The van der Waals surface area contributed by atoms with Crippen LogP contribution in [-0.4, -0.2) is 16.9 Å². The van der Waals surface area contributed by atoms with Crippen LogP contribution in [0.4, 0.5) is 14.6 Å². The van der Waals surface area contributed by atoms with Gasteiger partial charge in [-0.05, 0) is 28.1 Å². The second-order valence-electron chi connectivity index (χ2n) is 3.47. The van der Waals surface area contributed by atoms with Gasteiger partial charge in [-0.2, -0.15) is 0 Å². The average Bonchev–Trinajstić information content (AvgIpc) is 2.06. The predicted octanol–water partition coefficient (Wildman–Crippen LogP) is 3.05. The van der Waals surface area contributed by atoms with E-state index in [4.69, 9.17) is 0 Å². The van der Waals surface area contributed by atoms with E-state index in [0.717, 1.165) is 4.47 Å². The Morgan fingerprint density at radius 2 is 2.14 bits per heavy atom. The zero-order valence-corrected chi connectivity index (χ0v) is 8.89. The van der Waals surface area contributed by atoms with Crippen LogP contribution in [0.15, 0.2) is 22.8 Å². The maximum absolute atomic E-state index is 12.5. The summed E-state index contributed by atoms with van der Waals surface area (Å²) in [5.74, 6) is -1.83. The quantitative estimate of drug-likeness (QED) is 0.887. The lowest BCUT2D eigenvalue weighted by Gasteiger charge is -2.35. The Kier molecular flexibility index (Phi) is 2.43. The van der Waals surface area contributed by atoms with E-state index >= 15 is 0 Å². The fourth-order valence-electron chi connectivity index (χ4n) is 1.43. The van der Waals surface area contributed by atoms with E-state index in [2.05, 4.69) is 26.2 Å². The molecule has 1 aliphatic rings. The van der Waals surface area contributed by atoms with Crippen molar-refractivity contribution < 1.29 is 8.78 Å². The highest BCUT2D eigenvalue weighted by Crippen LogP contribution is 2.38. The monoisotopic (exact) mass is 262 g/mol. The number of alkyl halides is 2. The zero-order valence-electron chi connectivity index (χ0n) is 7.30. The van der Waals surface area contributed by atoms with Gasteiger partial charge in [0.2, 0.25) is 0 Å². The predicted molar refractivity (Wildman–Crippen MR) is 53.5 cm³/mol. The summed E-state index contributed by atoms with van der Waals surface area (Å²) >= 11 is 3.25. The second-order valence-corrected chi connectivity index (χ2v) is 4.38. The summed E-state index contributed by atoms with van der Waals surface area (Å²) in [5.41, 5.74) is 0. The zero-order chi connectivity index (χ0) is 10.2. The fourth-order valence-corrected chi connectivity index (χ4v) is 1.67. The van der Waals surface area contributed by atoms with Crippen molar-refractivity contribution in [3.05, 3.63) is 22.8 Å². The average molecular weight is 263 g/mol. The van der Waals surface area contributed by atoms with Gasteiger partial charge in [0.25, 0.3) is 5.92 Å². The Hall–Kier alpha value is -0.710. The Labute approximate surface area is 88.9 Å². The largest absolute Gasteiger partial charge is 0.367 e. The first-order valence-electron chi connectivity index (χ1n) is 4.31. The molecule has 0 unspecified atom stereocenters. The molecule has 1 aliphatic carbocycles. The number of hydrogen-bond acceptors (Lipinski definition) is 2. The van der Waals surface area contributed by atoms with E-state index < -0.39 is 5.92 Å². The first-order valence-corrected chi connectivity index (χ1v) is 5.10. The lowest BCUT2D eigenvalue weighted by Crippen LogP contribution is -2.44. The van der Waals surface area contributed by atoms with Crippen LogP contribution < -0.4 is 5.32 Å². The number of nitrogens with one attached hydrogen (secondary N) is 1. The molecular weight excluding hydrogens is 254 g/mol. The number of rotatable bonds is 2. The van der Waals surface area contributed by atoms with Gasteiger partial charge in [-0.25, -0.2) is 13.8 Å². The molecule has 0 bridgehead atoms. The maximum Gasteiger partial charge on any atom is 0.252 e. The Bertz CT molecular complexity index is 318. The first-order chi connectivity index (χ1) is 6.55. The lowest BCUT2D eigenvalue weighted by atomic mass is 9.88. The van der Waals surface area contributed by atoms with Crippen LogP contribution in [0, 0.1) is 0 Å². The fraction of sp³-hybridized carbons (Fsp3) is 0.444. The third-order valence-corrected chi connectivity index (χ3v) is 2.64. The topological polar surface area (TPSA) is 24.9 Å². The number of anilines is 1. The summed E-state index contributed by atoms with van der Waals surface area (Å²) in [6.07, 6.45) is 1.45. The molecule has 0 atom stereocenters. The number of pyridine rings is 1. The van der Waals surface area contributed by atoms with Crippen LogP contribution in [-0.2, 0) is 0 Å². The minimum Gasteiger partial charge on any atom is -0.367 e. The third kappa shape index (κ3) is 2.20. The molecule has 14 heavy (non-hydrogen) atoms. The van der Waals surface area contributed by atoms with Crippen molar-refractivity contribution in [3.63, 3.8) is 0 Å². The van der Waals surface area contributed by atoms with Crippen molar-refractivity contribution in [2.24, 2.45) is 0 Å². The van der Waals surface area contributed by atoms with Crippen LogP contribution in [0.1, 0.15) is 12.8 Å². The van der Waals surface area contributed by atoms with Crippen molar-refractivity contribution in [1.29, 1.82) is 0 Å². The summed E-state index contributed by atoms with van der Waals surface area (Å²) in [4.78, 5) is 4.04. The Morgan fingerprint density at radius 3 is 2.64 bits per heavy atom. The standard InChI is InChI=1S/C9H9BrF2N2/c10-6-1-2-8(13-5-6)14-7-3-9(11,12)4-7/h1-2,5,7H,3-4H2,(H,13,14). The molecule has 0 aromatic carbocycles. The van der Waals surface area contributed by atoms with Crippen molar-refractivity contribution >= 4 is 21.7 Å². The van der Waals surface area contributed by atoms with Crippen LogP contribution in [0.25, 0.3) is 0 Å². The molecule has 0 amide bonds. The first kappa shape index (κ1) is 9.83. The lowest BCUT2D eigenvalue weighted by molar-refractivity contribution is -0.0794. The molecule has 0 saturated heterocycles. The summed E-state index contributed by atoms with van der Waals surface area (Å²) in [5, 5.41) is 2.95. The molecule has 0 radical (unpaired) electrons. The number of hydrogen-bond donors (Lipinski definition) is 1. The van der Waals surface area contributed by atoms with Gasteiger partial charge in [0.1, 0.15) is 5.82 Å². The maximum atomic E-state index is 12.5. The minimum atomic E-state index is -2.48. The Balaban J connectivity index is 1.90. The van der Waals surface area contributed by atoms with Gasteiger partial charge in [0.15, 0.2) is 0 Å². The molecule has 1 heterocycles. The highest BCUT2D eigenvalue weighted by Gasteiger charge is 2.45. The van der Waals surface area contributed by atoms with Crippen molar-refractivity contribution in [2.75, 3.05) is 5.32 Å². The van der Waals surface area contributed by atoms with E-state index in [-0.39, 0.29) is 18.9 Å². The SMILES string of the molecule is FC1(F)CC(Nc2ccc(Br)cn2)C1. The Morgan fingerprint density at radius 1 is 1.43 bits per heavy atom. The molecular formula is C9H9BrF2N2. The van der Waals surface area contributed by atoms with Gasteiger partial charge in [0, 0.05) is 29.6 Å². The van der Waals surface area contributed by atoms with Crippen LogP contribution in [0.5, 0.6) is 0 Å². The third-order valence-electron chi connectivity index (χ3n) is 2.17. The normalized spacial score (nSPS) is 20.2. The molecule has 5 heteroatoms. The smallest absolute Gasteiger partial charge is 0.252 e. The van der Waals surface area contributed by atoms with Gasteiger partial charge in [-0.15, -0.1) is 0 Å². The van der Waals surface area contributed by atoms with E-state index in [1.54, 1.807) is 12.3 Å². The van der Waals surface area contributed by atoms with Gasteiger partial charge >= 0.3 is 0 Å². The van der Waals surface area contributed by atoms with Crippen LogP contribution >= 0.6 is 15.9 Å². The number of aromatic nitrogens is 1. The van der Waals surface area contributed by atoms with E-state index in [0.29, 0.717) is 5.82 Å². The van der Waals surface area contributed by atoms with Gasteiger partial charge in [-0.3, -0.25) is 0 Å². The summed E-state index contributed by atoms with van der Waals surface area (Å²) < 4.78 is 25.9. The molecule has 1 N–H and O–H groups in total. The molecule has 0 spiro atoms. The van der Waals surface area contributed by atoms with Crippen LogP contribution in [0.2, 0.25) is 0 Å². The van der Waals surface area contributed by atoms with Gasteiger partial charge in [-0.1, -0.05) is 0 Å². The molecule has 1 aromatic heterocycles. The van der Waals surface area contributed by atoms with Crippen molar-refractivity contribution in [1.82, 2.24) is 4.98 Å². The summed E-state index contributed by atoms with van der Waals surface area (Å²) in [6, 6.07) is 3.45. The number of nitrogens with zero attached hydrogens (tertiary/aromatic N) is 1. The van der Waals surface area contributed by atoms with E-state index in [1.165, 1.54) is 0 Å². The molecule has 0 aliphatic heterocycles. The van der Waals surface area contributed by atoms with E-state index in [1.807, 2.05) is 6.07 Å². The molecule has 76 valence electrons. The molecule has 2 rings (SSSR count). The van der Waals surface area contributed by atoms with Crippen molar-refractivity contribution in [3.8, 4) is 0 Å². The van der Waals surface area contributed by atoms with Gasteiger partial charge < -0.3 is 5.32 Å². The van der Waals surface area contributed by atoms with E-state index in [9.17, 15) is 8.78 Å². The number of halogens is 3. The molecule has 1 fully saturated rings. The van der Waals surface area contributed by atoms with Crippen LogP contribution in [0.3, 0.4) is 0 Å². The summed E-state index contributed by atoms with van der Waals surface area (Å²) in [6.45, 7) is 0. The highest BCUT2D eigenvalue weighted by molar-refractivity contribution is 9.10. The van der Waals surface area contributed by atoms with Crippen molar-refractivity contribution in [2.45, 2.75) is 24.8 Å². The minimum absolute atomic E-state index is 0.0925. The summed E-state index contributed by atoms with van der Waals surface area (Å²) in [7, 11) is 0. The molecule has 1 saturated carbocycles. The second kappa shape index (κ2) is 3.46. The van der Waals surface area contributed by atoms with Gasteiger partial charge in [0.05, 0.1) is 0 Å². The molecule has 2 nitrogen and oxygen atoms in total. The molecule has 1 aromatic rings.